The molecule has 1 unspecified atom stereocenters. The molecule has 10 heteroatoms. The van der Waals surface area contributed by atoms with Gasteiger partial charge in [-0.25, -0.2) is 4.98 Å². The van der Waals surface area contributed by atoms with Crippen LogP contribution in [0.1, 0.15) is 23.2 Å². The Kier molecular flexibility index (Phi) is 5.12. The highest BCUT2D eigenvalue weighted by Gasteiger charge is 2.13. The lowest BCUT2D eigenvalue weighted by Gasteiger charge is -2.09. The number of aliphatic hydroxyl groups is 1. The summed E-state index contributed by atoms with van der Waals surface area (Å²) in [4.78, 5) is 17.4. The lowest BCUT2D eigenvalue weighted by Crippen LogP contribution is -2.23. The largest absolute Gasteiger partial charge is 0.386 e. The zero-order chi connectivity index (χ0) is 18.0. The van der Waals surface area contributed by atoms with Crippen LogP contribution in [0.3, 0.4) is 0 Å². The fourth-order valence-electron chi connectivity index (χ4n) is 2.17. The second-order valence-corrected chi connectivity index (χ2v) is 6.22. The van der Waals surface area contributed by atoms with Crippen molar-refractivity contribution >= 4 is 23.2 Å². The Hall–Kier alpha value is -2.29. The molecule has 0 saturated heterocycles. The van der Waals surface area contributed by atoms with E-state index in [0.29, 0.717) is 22.1 Å². The van der Waals surface area contributed by atoms with Gasteiger partial charge in [-0.05, 0) is 29.8 Å². The van der Waals surface area contributed by atoms with E-state index in [1.165, 1.54) is 15.7 Å². The van der Waals surface area contributed by atoms with E-state index in [4.69, 9.17) is 23.2 Å². The Morgan fingerprint density at radius 3 is 2.68 bits per heavy atom. The summed E-state index contributed by atoms with van der Waals surface area (Å²) in [5.41, 5.74) is 0.784. The fourth-order valence-corrected chi connectivity index (χ4v) is 2.46. The second kappa shape index (κ2) is 7.30. The zero-order valence-electron chi connectivity index (χ0n) is 13.2. The number of hydrogen-bond acceptors (Lipinski definition) is 6. The highest BCUT2D eigenvalue weighted by Crippen LogP contribution is 2.17. The van der Waals surface area contributed by atoms with Crippen LogP contribution in [0.15, 0.2) is 35.4 Å². The first kappa shape index (κ1) is 17.5. The third-order valence-corrected chi connectivity index (χ3v) is 4.24. The van der Waals surface area contributed by atoms with Crippen LogP contribution < -0.4 is 5.56 Å². The van der Waals surface area contributed by atoms with Gasteiger partial charge in [-0.15, -0.1) is 10.2 Å². The van der Waals surface area contributed by atoms with Gasteiger partial charge in [-0.2, -0.15) is 4.80 Å². The van der Waals surface area contributed by atoms with Crippen molar-refractivity contribution in [2.45, 2.75) is 26.1 Å². The molecule has 0 radical (unpaired) electrons. The van der Waals surface area contributed by atoms with Crippen LogP contribution in [-0.4, -0.2) is 34.9 Å². The molecule has 8 nitrogen and oxygen atoms in total. The fraction of sp³-hybridized carbons (Fsp3) is 0.267. The monoisotopic (exact) mass is 380 g/mol. The summed E-state index contributed by atoms with van der Waals surface area (Å²) in [6.45, 7) is 1.86. The zero-order valence-corrected chi connectivity index (χ0v) is 14.7. The number of aliphatic hydroxyl groups excluding tert-OH is 1. The number of halogens is 2. The second-order valence-electron chi connectivity index (χ2n) is 5.40. The molecule has 0 aliphatic carbocycles. The maximum absolute atomic E-state index is 12.0. The van der Waals surface area contributed by atoms with Crippen LogP contribution in [0.25, 0.3) is 0 Å². The number of benzene rings is 1. The van der Waals surface area contributed by atoms with Gasteiger partial charge in [0.25, 0.3) is 5.56 Å². The molecule has 130 valence electrons. The van der Waals surface area contributed by atoms with Crippen molar-refractivity contribution < 1.29 is 5.11 Å². The van der Waals surface area contributed by atoms with E-state index in [-0.39, 0.29) is 23.7 Å². The van der Waals surface area contributed by atoms with Gasteiger partial charge in [0.05, 0.1) is 25.1 Å². The first-order valence-corrected chi connectivity index (χ1v) is 8.11. The Morgan fingerprint density at radius 1 is 1.24 bits per heavy atom. The number of rotatable bonds is 5. The minimum atomic E-state index is -0.808. The van der Waals surface area contributed by atoms with Gasteiger partial charge in [0, 0.05) is 5.02 Å². The van der Waals surface area contributed by atoms with Gasteiger partial charge in [0.1, 0.15) is 11.1 Å². The van der Waals surface area contributed by atoms with Crippen molar-refractivity contribution in [1.29, 1.82) is 0 Å². The van der Waals surface area contributed by atoms with Gasteiger partial charge in [0.2, 0.25) is 0 Å². The van der Waals surface area contributed by atoms with Gasteiger partial charge >= 0.3 is 0 Å². The summed E-state index contributed by atoms with van der Waals surface area (Å²) in [6.07, 6.45) is 0.574. The number of aryl methyl sites for hydroxylation is 1. The molecule has 2 aromatic heterocycles. The summed E-state index contributed by atoms with van der Waals surface area (Å²) < 4.78 is 1.30. The van der Waals surface area contributed by atoms with Gasteiger partial charge in [-0.1, -0.05) is 35.3 Å². The number of aromatic nitrogens is 6. The minimum Gasteiger partial charge on any atom is -0.386 e. The Morgan fingerprint density at radius 2 is 1.96 bits per heavy atom. The molecule has 0 fully saturated rings. The predicted octanol–water partition coefficient (Wildman–Crippen LogP) is 1.63. The number of tetrazole rings is 1. The maximum atomic E-state index is 12.0. The third kappa shape index (κ3) is 4.04. The van der Waals surface area contributed by atoms with Crippen molar-refractivity contribution in [3.8, 4) is 0 Å². The molecule has 3 aromatic rings. The average Bonchev–Trinajstić information content (AvgIpc) is 3.03. The van der Waals surface area contributed by atoms with E-state index in [2.05, 4.69) is 20.4 Å². The normalized spacial score (nSPS) is 12.3. The maximum Gasteiger partial charge on any atom is 0.272 e. The van der Waals surface area contributed by atoms with E-state index in [9.17, 15) is 9.90 Å². The molecule has 0 saturated carbocycles. The van der Waals surface area contributed by atoms with E-state index in [0.717, 1.165) is 0 Å². The molecule has 0 aliphatic rings. The summed E-state index contributed by atoms with van der Waals surface area (Å²) >= 11 is 11.7. The van der Waals surface area contributed by atoms with Crippen molar-refractivity contribution in [1.82, 2.24) is 29.8 Å². The average molecular weight is 381 g/mol. The standard InChI is InChI=1S/C15H14Cl2N6O2/c1-9-14(17)15(25)22(8-18-9)7-13-19-21-23(20-13)6-12(24)10-2-4-11(16)5-3-10/h2-5,8,12,24H,6-7H2,1H3. The van der Waals surface area contributed by atoms with Crippen LogP contribution in [0, 0.1) is 6.92 Å². The summed E-state index contributed by atoms with van der Waals surface area (Å²) in [5, 5.41) is 22.8. The summed E-state index contributed by atoms with van der Waals surface area (Å²) in [6, 6.07) is 6.84. The SMILES string of the molecule is Cc1ncn(Cc2nnn(CC(O)c3ccc(Cl)cc3)n2)c(=O)c1Cl. The molecule has 3 rings (SSSR count). The molecule has 2 heterocycles. The molecule has 1 aromatic carbocycles. The first-order chi connectivity index (χ1) is 11.9. The topological polar surface area (TPSA) is 98.7 Å². The molecule has 25 heavy (non-hydrogen) atoms. The molecule has 0 bridgehead atoms. The first-order valence-electron chi connectivity index (χ1n) is 7.36. The van der Waals surface area contributed by atoms with Crippen molar-refractivity contribution in [2.24, 2.45) is 0 Å². The third-order valence-electron chi connectivity index (χ3n) is 3.55. The van der Waals surface area contributed by atoms with Gasteiger partial charge < -0.3 is 5.11 Å². The van der Waals surface area contributed by atoms with Crippen LogP contribution in [0.4, 0.5) is 0 Å². The number of nitrogens with zero attached hydrogens (tertiary/aromatic N) is 6. The van der Waals surface area contributed by atoms with E-state index < -0.39 is 6.10 Å². The van der Waals surface area contributed by atoms with Crippen molar-refractivity contribution in [3.63, 3.8) is 0 Å². The van der Waals surface area contributed by atoms with Crippen LogP contribution >= 0.6 is 23.2 Å². The quantitative estimate of drug-likeness (QED) is 0.721. The molecule has 0 spiro atoms. The van der Waals surface area contributed by atoms with E-state index >= 15 is 0 Å². The van der Waals surface area contributed by atoms with Crippen molar-refractivity contribution in [2.75, 3.05) is 0 Å². The number of hydrogen-bond donors (Lipinski definition) is 1. The van der Waals surface area contributed by atoms with Crippen molar-refractivity contribution in [3.05, 3.63) is 68.1 Å². The molecule has 0 amide bonds. The molecule has 1 N–H and O–H groups in total. The minimum absolute atomic E-state index is 0.0630. The van der Waals surface area contributed by atoms with E-state index in [1.54, 1.807) is 31.2 Å². The summed E-state index contributed by atoms with van der Waals surface area (Å²) in [5.74, 6) is 0.312. The van der Waals surface area contributed by atoms with Crippen LogP contribution in [0.2, 0.25) is 10.0 Å². The smallest absolute Gasteiger partial charge is 0.272 e. The lowest BCUT2D eigenvalue weighted by molar-refractivity contribution is 0.144. The van der Waals surface area contributed by atoms with Gasteiger partial charge in [-0.3, -0.25) is 9.36 Å². The lowest BCUT2D eigenvalue weighted by atomic mass is 10.1. The Balaban J connectivity index is 1.71. The highest BCUT2D eigenvalue weighted by molar-refractivity contribution is 6.31. The molecule has 0 aliphatic heterocycles. The predicted molar refractivity (Wildman–Crippen MR) is 91.6 cm³/mol. The highest BCUT2D eigenvalue weighted by atomic mass is 35.5. The molecular formula is C15H14Cl2N6O2. The Bertz CT molecular complexity index is 938. The summed E-state index contributed by atoms with van der Waals surface area (Å²) in [7, 11) is 0. The molecule has 1 atom stereocenters. The van der Waals surface area contributed by atoms with Crippen LogP contribution in [0.5, 0.6) is 0 Å². The molecular weight excluding hydrogens is 367 g/mol. The van der Waals surface area contributed by atoms with Gasteiger partial charge in [0.15, 0.2) is 5.82 Å². The van der Waals surface area contributed by atoms with Crippen LogP contribution in [-0.2, 0) is 13.1 Å². The Labute approximate surface area is 152 Å². The van der Waals surface area contributed by atoms with E-state index in [1.807, 2.05) is 0 Å².